The Bertz CT molecular complexity index is 422. The number of rotatable bonds is 7. The molecule has 1 aromatic carbocycles. The van der Waals surface area contributed by atoms with Gasteiger partial charge in [-0.05, 0) is 13.8 Å². The normalized spacial score (nSPS) is 10.2. The summed E-state index contributed by atoms with van der Waals surface area (Å²) in [6, 6.07) is 7.16. The van der Waals surface area contributed by atoms with E-state index in [4.69, 9.17) is 9.47 Å². The van der Waals surface area contributed by atoms with Crippen LogP contribution in [0.15, 0.2) is 42.7 Å². The molecule has 0 saturated heterocycles. The quantitative estimate of drug-likeness (QED) is 0.320. The van der Waals surface area contributed by atoms with Crippen molar-refractivity contribution >= 4 is 5.78 Å². The van der Waals surface area contributed by atoms with Crippen LogP contribution < -0.4 is 0 Å². The van der Waals surface area contributed by atoms with Crippen molar-refractivity contribution in [2.24, 2.45) is 0 Å². The van der Waals surface area contributed by atoms with Crippen molar-refractivity contribution in [1.29, 1.82) is 0 Å². The second-order valence-electron chi connectivity index (χ2n) is 3.58. The Morgan fingerprint density at radius 2 is 1.83 bits per heavy atom. The van der Waals surface area contributed by atoms with Gasteiger partial charge in [0, 0.05) is 30.4 Å². The molecule has 0 aliphatic heterocycles. The Labute approximate surface area is 108 Å². The zero-order valence-electron chi connectivity index (χ0n) is 10.8. The van der Waals surface area contributed by atoms with Gasteiger partial charge in [0.15, 0.2) is 12.1 Å². The van der Waals surface area contributed by atoms with Gasteiger partial charge in [0.25, 0.3) is 0 Å². The fourth-order valence-corrected chi connectivity index (χ4v) is 1.52. The second-order valence-corrected chi connectivity index (χ2v) is 3.58. The molecule has 1 aromatic rings. The van der Waals surface area contributed by atoms with Crippen molar-refractivity contribution in [1.82, 2.24) is 0 Å². The molecule has 0 spiro atoms. The summed E-state index contributed by atoms with van der Waals surface area (Å²) >= 11 is 0. The maximum Gasteiger partial charge on any atom is 0.193 e. The van der Waals surface area contributed by atoms with Gasteiger partial charge in [0.1, 0.15) is 0 Å². The third kappa shape index (κ3) is 3.97. The monoisotopic (exact) mass is 246 g/mol. The van der Waals surface area contributed by atoms with E-state index in [1.807, 2.05) is 26.0 Å². The molecule has 0 radical (unpaired) electrons. The van der Waals surface area contributed by atoms with Gasteiger partial charge >= 0.3 is 0 Å². The van der Waals surface area contributed by atoms with E-state index in [1.54, 1.807) is 12.1 Å². The van der Waals surface area contributed by atoms with Crippen LogP contribution in [-0.2, 0) is 9.47 Å². The third-order valence-electron chi connectivity index (χ3n) is 2.34. The summed E-state index contributed by atoms with van der Waals surface area (Å²) in [6.45, 7) is 8.36. The van der Waals surface area contributed by atoms with Crippen LogP contribution >= 0.6 is 0 Å². The van der Waals surface area contributed by atoms with E-state index in [1.165, 1.54) is 6.08 Å². The van der Waals surface area contributed by atoms with Crippen molar-refractivity contribution in [2.45, 2.75) is 20.1 Å². The SMILES string of the molecule is C=C=CC(=O)c1ccc(C(OCC)OCC)cc1. The fourth-order valence-electron chi connectivity index (χ4n) is 1.52. The average Bonchev–Trinajstić information content (AvgIpc) is 2.39. The van der Waals surface area contributed by atoms with Crippen LogP contribution in [0.5, 0.6) is 0 Å². The minimum absolute atomic E-state index is 0.110. The zero-order valence-corrected chi connectivity index (χ0v) is 10.8. The van der Waals surface area contributed by atoms with Crippen molar-refractivity contribution in [2.75, 3.05) is 13.2 Å². The average molecular weight is 246 g/mol. The van der Waals surface area contributed by atoms with Gasteiger partial charge in [0.05, 0.1) is 0 Å². The number of carbonyl (C=O) groups excluding carboxylic acids is 1. The molecule has 1 rings (SSSR count). The molecule has 3 heteroatoms. The van der Waals surface area contributed by atoms with Crippen molar-refractivity contribution < 1.29 is 14.3 Å². The predicted molar refractivity (Wildman–Crippen MR) is 70.5 cm³/mol. The number of carbonyl (C=O) groups is 1. The largest absolute Gasteiger partial charge is 0.349 e. The van der Waals surface area contributed by atoms with Crippen molar-refractivity contribution in [3.63, 3.8) is 0 Å². The van der Waals surface area contributed by atoms with Gasteiger partial charge in [-0.25, -0.2) is 0 Å². The summed E-state index contributed by atoms with van der Waals surface area (Å²) in [7, 11) is 0. The molecule has 0 heterocycles. The van der Waals surface area contributed by atoms with E-state index >= 15 is 0 Å². The van der Waals surface area contributed by atoms with Crippen LogP contribution in [0.25, 0.3) is 0 Å². The molecule has 0 bridgehead atoms. The van der Waals surface area contributed by atoms with Crippen LogP contribution in [-0.4, -0.2) is 19.0 Å². The Morgan fingerprint density at radius 1 is 1.28 bits per heavy atom. The summed E-state index contributed by atoms with van der Waals surface area (Å²) in [5.74, 6) is -0.110. The first kappa shape index (κ1) is 14.4. The molecule has 0 fully saturated rings. The molecule has 0 aliphatic carbocycles. The number of allylic oxidation sites excluding steroid dienone is 1. The van der Waals surface area contributed by atoms with Gasteiger partial charge in [-0.15, -0.1) is 5.73 Å². The van der Waals surface area contributed by atoms with Gasteiger partial charge < -0.3 is 9.47 Å². The molecular weight excluding hydrogens is 228 g/mol. The summed E-state index contributed by atoms with van der Waals surface area (Å²) in [4.78, 5) is 11.6. The smallest absolute Gasteiger partial charge is 0.193 e. The summed E-state index contributed by atoms with van der Waals surface area (Å²) < 4.78 is 11.0. The number of ketones is 1. The minimum Gasteiger partial charge on any atom is -0.349 e. The molecule has 0 amide bonds. The first-order valence-corrected chi connectivity index (χ1v) is 5.96. The highest BCUT2D eigenvalue weighted by Gasteiger charge is 2.11. The molecule has 3 nitrogen and oxygen atoms in total. The second kappa shape index (κ2) is 7.62. The first-order chi connectivity index (χ1) is 8.72. The van der Waals surface area contributed by atoms with Gasteiger partial charge in [-0.2, -0.15) is 0 Å². The van der Waals surface area contributed by atoms with Crippen LogP contribution in [0.3, 0.4) is 0 Å². The Morgan fingerprint density at radius 3 is 2.28 bits per heavy atom. The lowest BCUT2D eigenvalue weighted by Gasteiger charge is -2.17. The van der Waals surface area contributed by atoms with Crippen LogP contribution in [0.4, 0.5) is 0 Å². The number of hydrogen-bond acceptors (Lipinski definition) is 3. The fraction of sp³-hybridized carbons (Fsp3) is 0.333. The molecule has 0 N–H and O–H groups in total. The van der Waals surface area contributed by atoms with Gasteiger partial charge in [-0.3, -0.25) is 4.79 Å². The number of benzene rings is 1. The highest BCUT2D eigenvalue weighted by atomic mass is 16.7. The van der Waals surface area contributed by atoms with E-state index in [9.17, 15) is 4.79 Å². The molecule has 18 heavy (non-hydrogen) atoms. The topological polar surface area (TPSA) is 35.5 Å². The molecule has 0 aromatic heterocycles. The van der Waals surface area contributed by atoms with Crippen LogP contribution in [0.2, 0.25) is 0 Å². The van der Waals surface area contributed by atoms with Gasteiger partial charge in [0.2, 0.25) is 0 Å². The molecule has 0 aliphatic rings. The molecule has 96 valence electrons. The highest BCUT2D eigenvalue weighted by molar-refractivity contribution is 6.04. The van der Waals surface area contributed by atoms with E-state index in [2.05, 4.69) is 12.3 Å². The predicted octanol–water partition coefficient (Wildman–Crippen LogP) is 3.28. The van der Waals surface area contributed by atoms with Crippen LogP contribution in [0, 0.1) is 0 Å². The third-order valence-corrected chi connectivity index (χ3v) is 2.34. The number of ether oxygens (including phenoxy) is 2. The first-order valence-electron chi connectivity index (χ1n) is 5.96. The highest BCUT2D eigenvalue weighted by Crippen LogP contribution is 2.19. The van der Waals surface area contributed by atoms with E-state index in [0.29, 0.717) is 18.8 Å². The van der Waals surface area contributed by atoms with E-state index < -0.39 is 0 Å². The Kier molecular flexibility index (Phi) is 6.09. The summed E-state index contributed by atoms with van der Waals surface area (Å²) in [5, 5.41) is 0. The molecule has 0 unspecified atom stereocenters. The number of hydrogen-bond donors (Lipinski definition) is 0. The Balaban J connectivity index is 2.85. The van der Waals surface area contributed by atoms with Crippen molar-refractivity contribution in [3.05, 3.63) is 53.8 Å². The van der Waals surface area contributed by atoms with E-state index in [0.717, 1.165) is 5.56 Å². The minimum atomic E-state index is -0.376. The molecular formula is C15H18O3. The van der Waals surface area contributed by atoms with Gasteiger partial charge in [-0.1, -0.05) is 30.8 Å². The lowest BCUT2D eigenvalue weighted by molar-refractivity contribution is -0.140. The van der Waals surface area contributed by atoms with E-state index in [-0.39, 0.29) is 12.1 Å². The lowest BCUT2D eigenvalue weighted by atomic mass is 10.1. The summed E-state index contributed by atoms with van der Waals surface area (Å²) in [6.07, 6.45) is 0.941. The lowest BCUT2D eigenvalue weighted by Crippen LogP contribution is -2.09. The Hall–Kier alpha value is -1.67. The summed E-state index contributed by atoms with van der Waals surface area (Å²) in [5.41, 5.74) is 3.97. The maximum absolute atomic E-state index is 11.6. The standard InChI is InChI=1S/C15H18O3/c1-4-7-14(16)12-8-10-13(11-9-12)15(17-5-2)18-6-3/h7-11,15H,1,5-6H2,2-3H3. The molecule has 0 atom stereocenters. The van der Waals surface area contributed by atoms with Crippen LogP contribution in [0.1, 0.15) is 36.1 Å². The van der Waals surface area contributed by atoms with Crippen molar-refractivity contribution in [3.8, 4) is 0 Å². The maximum atomic E-state index is 11.6. The zero-order chi connectivity index (χ0) is 13.4. The molecule has 0 saturated carbocycles.